The summed E-state index contributed by atoms with van der Waals surface area (Å²) >= 11 is 12.0. The van der Waals surface area contributed by atoms with Crippen molar-refractivity contribution < 1.29 is 29.0 Å². The summed E-state index contributed by atoms with van der Waals surface area (Å²) in [5, 5.41) is 11.2. The number of hydrogen-bond acceptors (Lipinski definition) is 6. The Bertz CT molecular complexity index is 715. The molecule has 0 aliphatic heterocycles. The Kier molecular flexibility index (Phi) is 5.76. The first-order chi connectivity index (χ1) is 11.6. The second-order valence-electron chi connectivity index (χ2n) is 6.20. The molecule has 2 rings (SSSR count). The average Bonchev–Trinajstić information content (AvgIpc) is 2.54. The van der Waals surface area contributed by atoms with Gasteiger partial charge in [0.25, 0.3) is 0 Å². The maximum atomic E-state index is 12.5. The number of halogens is 2. The summed E-state index contributed by atoms with van der Waals surface area (Å²) in [5.74, 6) is -5.45. The summed E-state index contributed by atoms with van der Waals surface area (Å²) < 4.78 is 9.55. The molecule has 25 heavy (non-hydrogen) atoms. The summed E-state index contributed by atoms with van der Waals surface area (Å²) in [6, 6.07) is 4.52. The number of methoxy groups -OCH3 is 2. The largest absolute Gasteiger partial charge is 0.469 e. The van der Waals surface area contributed by atoms with E-state index in [0.717, 1.165) is 7.11 Å². The number of aliphatic hydroxyl groups is 1. The van der Waals surface area contributed by atoms with Crippen molar-refractivity contribution in [2.45, 2.75) is 24.9 Å². The highest BCUT2D eigenvalue weighted by atomic mass is 35.5. The van der Waals surface area contributed by atoms with Crippen LogP contribution >= 0.6 is 23.2 Å². The van der Waals surface area contributed by atoms with E-state index >= 15 is 0 Å². The Labute approximate surface area is 155 Å². The molecule has 0 bridgehead atoms. The van der Waals surface area contributed by atoms with Gasteiger partial charge in [-0.15, -0.1) is 0 Å². The Balaban J connectivity index is 2.68. The minimum atomic E-state index is -1.69. The maximum absolute atomic E-state index is 12.5. The number of benzene rings is 1. The van der Waals surface area contributed by atoms with Gasteiger partial charge in [-0.3, -0.25) is 14.4 Å². The van der Waals surface area contributed by atoms with Crippen LogP contribution in [0.4, 0.5) is 0 Å². The molecular weight excluding hydrogens is 371 g/mol. The highest BCUT2D eigenvalue weighted by molar-refractivity contribution is 6.42. The molecule has 0 saturated heterocycles. The van der Waals surface area contributed by atoms with Gasteiger partial charge in [-0.05, 0) is 24.6 Å². The zero-order chi connectivity index (χ0) is 18.9. The van der Waals surface area contributed by atoms with Crippen molar-refractivity contribution in [2.24, 2.45) is 11.8 Å². The first-order valence-corrected chi connectivity index (χ1v) is 8.25. The standard InChI is InChI=1S/C17H18Cl2O6/c1-17(23)7-11(20)13(15(21)24-2)12(14(17)16(22)25-3)8-4-5-9(18)10(19)6-8/h4-6,12-14,23H,7H2,1-3H3/t12-,13+,14-,17-/m0/s1. The zero-order valence-corrected chi connectivity index (χ0v) is 15.4. The highest BCUT2D eigenvalue weighted by Crippen LogP contribution is 2.47. The first kappa shape index (κ1) is 19.7. The first-order valence-electron chi connectivity index (χ1n) is 7.49. The molecule has 0 amide bonds. The third kappa shape index (κ3) is 3.66. The Morgan fingerprint density at radius 2 is 1.76 bits per heavy atom. The summed E-state index contributed by atoms with van der Waals surface area (Å²) in [6.07, 6.45) is -0.371. The SMILES string of the molecule is COC(=O)[C@@H]1C(=O)C[C@](C)(O)[C@H](C(=O)OC)[C@H]1c1ccc(Cl)c(Cl)c1. The molecule has 1 saturated carbocycles. The number of carbonyl (C=O) groups is 3. The lowest BCUT2D eigenvalue weighted by molar-refractivity contribution is -0.170. The molecule has 0 unspecified atom stereocenters. The van der Waals surface area contributed by atoms with E-state index in [1.54, 1.807) is 6.07 Å². The van der Waals surface area contributed by atoms with Gasteiger partial charge in [-0.1, -0.05) is 29.3 Å². The minimum absolute atomic E-state index is 0.198. The molecule has 6 nitrogen and oxygen atoms in total. The molecule has 8 heteroatoms. The predicted octanol–water partition coefficient (Wildman–Crippen LogP) is 2.38. The molecule has 1 N–H and O–H groups in total. The van der Waals surface area contributed by atoms with E-state index in [1.165, 1.54) is 26.2 Å². The van der Waals surface area contributed by atoms with Crippen LogP contribution in [0.1, 0.15) is 24.8 Å². The lowest BCUT2D eigenvalue weighted by Crippen LogP contribution is -2.55. The maximum Gasteiger partial charge on any atom is 0.316 e. The van der Waals surface area contributed by atoms with Gasteiger partial charge in [0.15, 0.2) is 5.78 Å². The van der Waals surface area contributed by atoms with Crippen LogP contribution in [0.15, 0.2) is 18.2 Å². The monoisotopic (exact) mass is 388 g/mol. The van der Waals surface area contributed by atoms with E-state index in [0.29, 0.717) is 5.56 Å². The second kappa shape index (κ2) is 7.32. The van der Waals surface area contributed by atoms with Crippen molar-refractivity contribution in [1.29, 1.82) is 0 Å². The number of rotatable bonds is 3. The van der Waals surface area contributed by atoms with E-state index in [9.17, 15) is 19.5 Å². The molecule has 1 aromatic carbocycles. The van der Waals surface area contributed by atoms with Crippen molar-refractivity contribution in [1.82, 2.24) is 0 Å². The van der Waals surface area contributed by atoms with Crippen molar-refractivity contribution in [2.75, 3.05) is 14.2 Å². The lowest BCUT2D eigenvalue weighted by atomic mass is 9.62. The fraction of sp³-hybridized carbons (Fsp3) is 0.471. The Morgan fingerprint density at radius 1 is 1.16 bits per heavy atom. The van der Waals surface area contributed by atoms with Crippen LogP contribution < -0.4 is 0 Å². The molecule has 0 spiro atoms. The number of ether oxygens (including phenoxy) is 2. The number of esters is 2. The van der Waals surface area contributed by atoms with Crippen molar-refractivity contribution in [3.8, 4) is 0 Å². The van der Waals surface area contributed by atoms with Gasteiger partial charge in [-0.2, -0.15) is 0 Å². The Hall–Kier alpha value is -1.63. The fourth-order valence-electron chi connectivity index (χ4n) is 3.39. The lowest BCUT2D eigenvalue weighted by Gasteiger charge is -2.43. The molecule has 136 valence electrons. The molecule has 1 fully saturated rings. The van der Waals surface area contributed by atoms with Crippen LogP contribution in [0.5, 0.6) is 0 Å². The molecular formula is C17H18Cl2O6. The molecule has 0 aromatic heterocycles. The van der Waals surface area contributed by atoms with Crippen molar-refractivity contribution >= 4 is 40.9 Å². The van der Waals surface area contributed by atoms with Crippen molar-refractivity contribution in [3.05, 3.63) is 33.8 Å². The third-order valence-electron chi connectivity index (χ3n) is 4.51. The van der Waals surface area contributed by atoms with Crippen LogP contribution in [-0.2, 0) is 23.9 Å². The van der Waals surface area contributed by atoms with E-state index in [2.05, 4.69) is 0 Å². The quantitative estimate of drug-likeness (QED) is 0.631. The van der Waals surface area contributed by atoms with Gasteiger partial charge in [0.05, 0.1) is 35.8 Å². The van der Waals surface area contributed by atoms with E-state index in [-0.39, 0.29) is 16.5 Å². The van der Waals surface area contributed by atoms with E-state index in [4.69, 9.17) is 32.7 Å². The van der Waals surface area contributed by atoms with Gasteiger partial charge in [0.1, 0.15) is 5.92 Å². The van der Waals surface area contributed by atoms with Gasteiger partial charge >= 0.3 is 11.9 Å². The van der Waals surface area contributed by atoms with Crippen LogP contribution in [0.3, 0.4) is 0 Å². The number of Topliss-reactive ketones (excluding diaryl/α,β-unsaturated/α-hetero) is 1. The van der Waals surface area contributed by atoms with E-state index in [1.807, 2.05) is 0 Å². The second-order valence-corrected chi connectivity index (χ2v) is 7.02. The average molecular weight is 389 g/mol. The zero-order valence-electron chi connectivity index (χ0n) is 13.9. The predicted molar refractivity (Wildman–Crippen MR) is 90.5 cm³/mol. The summed E-state index contributed by atoms with van der Waals surface area (Å²) in [4.78, 5) is 37.2. The topological polar surface area (TPSA) is 89.9 Å². The highest BCUT2D eigenvalue weighted by Gasteiger charge is 2.56. The summed E-state index contributed by atoms with van der Waals surface area (Å²) in [5.41, 5.74) is -1.28. The van der Waals surface area contributed by atoms with Crippen LogP contribution in [0.2, 0.25) is 10.0 Å². The molecule has 0 radical (unpaired) electrons. The van der Waals surface area contributed by atoms with Gasteiger partial charge in [0, 0.05) is 12.3 Å². The number of hydrogen-bond donors (Lipinski definition) is 1. The molecule has 1 aliphatic rings. The van der Waals surface area contributed by atoms with Gasteiger partial charge in [0.2, 0.25) is 0 Å². The van der Waals surface area contributed by atoms with Gasteiger partial charge < -0.3 is 14.6 Å². The minimum Gasteiger partial charge on any atom is -0.469 e. The third-order valence-corrected chi connectivity index (χ3v) is 5.25. The molecule has 4 atom stereocenters. The van der Waals surface area contributed by atoms with Gasteiger partial charge in [-0.25, -0.2) is 0 Å². The molecule has 1 aromatic rings. The van der Waals surface area contributed by atoms with E-state index < -0.39 is 41.1 Å². The van der Waals surface area contributed by atoms with Crippen LogP contribution in [0, 0.1) is 11.8 Å². The van der Waals surface area contributed by atoms with Crippen molar-refractivity contribution in [3.63, 3.8) is 0 Å². The normalized spacial score (nSPS) is 29.2. The van der Waals surface area contributed by atoms with Crippen LogP contribution in [0.25, 0.3) is 0 Å². The smallest absolute Gasteiger partial charge is 0.316 e. The fourth-order valence-corrected chi connectivity index (χ4v) is 3.70. The Morgan fingerprint density at radius 3 is 2.28 bits per heavy atom. The molecule has 0 heterocycles. The number of carbonyl (C=O) groups excluding carboxylic acids is 3. The molecule has 1 aliphatic carbocycles. The summed E-state index contributed by atoms with van der Waals surface area (Å²) in [7, 11) is 2.33. The number of ketones is 1. The van der Waals surface area contributed by atoms with Crippen LogP contribution in [-0.4, -0.2) is 42.6 Å². The summed E-state index contributed by atoms with van der Waals surface area (Å²) in [6.45, 7) is 1.37.